The first-order valence-electron chi connectivity index (χ1n) is 24.0. The van der Waals surface area contributed by atoms with Gasteiger partial charge in [0.2, 0.25) is 0 Å². The molecule has 0 N–H and O–H groups in total. The number of anilines is 6. The van der Waals surface area contributed by atoms with Crippen LogP contribution in [0.25, 0.3) is 11.1 Å². The average Bonchev–Trinajstić information content (AvgIpc) is 3.25. The Morgan fingerprint density at radius 1 is 0.500 bits per heavy atom. The molecule has 0 saturated carbocycles. The smallest absolute Gasteiger partial charge is 0.252 e. The van der Waals surface area contributed by atoms with Gasteiger partial charge in [-0.2, -0.15) is 0 Å². The number of ether oxygens (including phenoxy) is 2. The highest BCUT2D eigenvalue weighted by Gasteiger charge is 2.48. The SMILES string of the molecule is Cc1cc2c3c(c1)N(c1cc4c(cc1-c1ccccc1)OCCO4)c1ccc(C(C)(C)C)cc1B3c1cc3c(cc1N2c1ccc2c(c1)C(C)(C)CCC2(C)C)C(C)(C)CCC3(C)C. The summed E-state index contributed by atoms with van der Waals surface area (Å²) in [7, 11) is 0. The van der Waals surface area contributed by atoms with E-state index in [0.29, 0.717) is 13.2 Å². The first-order chi connectivity index (χ1) is 30.2. The summed E-state index contributed by atoms with van der Waals surface area (Å²) in [4.78, 5) is 5.24. The highest BCUT2D eigenvalue weighted by molar-refractivity contribution is 7.00. The second-order valence-electron chi connectivity index (χ2n) is 23.4. The summed E-state index contributed by atoms with van der Waals surface area (Å²) in [6, 6.07) is 40.4. The zero-order valence-corrected chi connectivity index (χ0v) is 40.3. The van der Waals surface area contributed by atoms with Crippen LogP contribution < -0.4 is 35.7 Å². The van der Waals surface area contributed by atoms with Crippen molar-refractivity contribution in [3.05, 3.63) is 137 Å². The van der Waals surface area contributed by atoms with E-state index in [2.05, 4.69) is 196 Å². The zero-order valence-electron chi connectivity index (χ0n) is 40.3. The van der Waals surface area contributed by atoms with Crippen LogP contribution in [0.4, 0.5) is 34.1 Å². The lowest BCUT2D eigenvalue weighted by molar-refractivity contribution is 0.172. The van der Waals surface area contributed by atoms with Crippen LogP contribution >= 0.6 is 0 Å². The normalized spacial score (nSPS) is 19.2. The maximum Gasteiger partial charge on any atom is 0.252 e. The number of hydrogen-bond acceptors (Lipinski definition) is 4. The van der Waals surface area contributed by atoms with Gasteiger partial charge in [0.15, 0.2) is 11.5 Å². The first kappa shape index (κ1) is 41.3. The van der Waals surface area contributed by atoms with Crippen LogP contribution in [0.3, 0.4) is 0 Å². The lowest BCUT2D eigenvalue weighted by atomic mass is 9.33. The van der Waals surface area contributed by atoms with Crippen molar-refractivity contribution in [3.8, 4) is 22.6 Å². The van der Waals surface area contributed by atoms with Crippen LogP contribution in [0.2, 0.25) is 0 Å². The van der Waals surface area contributed by atoms with Crippen LogP contribution in [0, 0.1) is 6.92 Å². The fourth-order valence-corrected chi connectivity index (χ4v) is 12.0. The molecule has 3 heterocycles. The van der Waals surface area contributed by atoms with E-state index in [4.69, 9.17) is 9.47 Å². The summed E-state index contributed by atoms with van der Waals surface area (Å²) in [5.41, 5.74) is 22.5. The summed E-state index contributed by atoms with van der Waals surface area (Å²) < 4.78 is 12.7. The average molecular weight is 845 g/mol. The van der Waals surface area contributed by atoms with Crippen molar-refractivity contribution in [2.45, 2.75) is 136 Å². The molecule has 5 aliphatic rings. The monoisotopic (exact) mass is 845 g/mol. The summed E-state index contributed by atoms with van der Waals surface area (Å²) >= 11 is 0. The Labute approximate surface area is 383 Å². The van der Waals surface area contributed by atoms with Gasteiger partial charge in [-0.15, -0.1) is 0 Å². The molecule has 3 aliphatic heterocycles. The highest BCUT2D eigenvalue weighted by atomic mass is 16.6. The third kappa shape index (κ3) is 6.23. The number of fused-ring (bicyclic) bond motifs is 7. The minimum Gasteiger partial charge on any atom is -0.486 e. The largest absolute Gasteiger partial charge is 0.486 e. The van der Waals surface area contributed by atoms with Crippen LogP contribution in [-0.4, -0.2) is 19.9 Å². The van der Waals surface area contributed by atoms with Crippen LogP contribution in [-0.2, 0) is 27.1 Å². The third-order valence-corrected chi connectivity index (χ3v) is 16.1. The number of hydrogen-bond donors (Lipinski definition) is 0. The van der Waals surface area contributed by atoms with E-state index in [1.807, 2.05) is 0 Å². The topological polar surface area (TPSA) is 24.9 Å². The van der Waals surface area contributed by atoms with Gasteiger partial charge in [-0.25, -0.2) is 0 Å². The van der Waals surface area contributed by atoms with E-state index in [1.54, 1.807) is 0 Å². The van der Waals surface area contributed by atoms with Crippen LogP contribution in [0.15, 0.2) is 103 Å². The Morgan fingerprint density at radius 2 is 1.06 bits per heavy atom. The number of nitrogens with zero attached hydrogens (tertiary/aromatic N) is 2. The van der Waals surface area contributed by atoms with E-state index in [9.17, 15) is 0 Å². The second-order valence-corrected chi connectivity index (χ2v) is 23.4. The predicted octanol–water partition coefficient (Wildman–Crippen LogP) is 13.5. The molecule has 0 unspecified atom stereocenters. The van der Waals surface area contributed by atoms with Gasteiger partial charge in [-0.1, -0.05) is 131 Å². The summed E-state index contributed by atoms with van der Waals surface area (Å²) in [6.45, 7) is 30.1. The molecular formula is C59H65BN2O2. The Balaban J connectivity index is 1.27. The molecule has 0 fully saturated rings. The molecule has 5 heteroatoms. The van der Waals surface area contributed by atoms with Gasteiger partial charge in [0.05, 0.1) is 5.69 Å². The Hall–Kier alpha value is -5.42. The standard InChI is InChI=1S/C59H65BN2O2/c1-36-28-50-54-51(29-36)62(48-35-53-52(63-26-27-64-53)32-40(48)37-16-14-13-15-17-37)47-21-18-38(55(2,3)4)30-45(47)60(54)46-33-43-44(59(11,12)25-24-58(43,9)10)34-49(46)61(50)39-19-20-41-42(31-39)57(7,8)23-22-56(41,5)6/h13-21,28-35H,22-27H2,1-12H3. The van der Waals surface area contributed by atoms with Gasteiger partial charge in [0.1, 0.15) is 13.2 Å². The number of rotatable bonds is 3. The molecular weight excluding hydrogens is 779 g/mol. The molecule has 0 radical (unpaired) electrons. The predicted molar refractivity (Wildman–Crippen MR) is 271 cm³/mol. The summed E-state index contributed by atoms with van der Waals surface area (Å²) in [5.74, 6) is 1.59. The molecule has 0 atom stereocenters. The minimum atomic E-state index is -0.0441. The third-order valence-electron chi connectivity index (χ3n) is 16.1. The van der Waals surface area contributed by atoms with Crippen LogP contribution in [0.1, 0.15) is 135 Å². The molecule has 64 heavy (non-hydrogen) atoms. The van der Waals surface area contributed by atoms with E-state index < -0.39 is 0 Å². The maximum atomic E-state index is 6.41. The van der Waals surface area contributed by atoms with Gasteiger partial charge in [0, 0.05) is 40.1 Å². The van der Waals surface area contributed by atoms with Crippen molar-refractivity contribution in [3.63, 3.8) is 0 Å². The molecule has 326 valence electrons. The van der Waals surface area contributed by atoms with Gasteiger partial charge in [-0.05, 0) is 157 Å². The van der Waals surface area contributed by atoms with Crippen molar-refractivity contribution in [1.29, 1.82) is 0 Å². The highest BCUT2D eigenvalue weighted by Crippen LogP contribution is 2.54. The Morgan fingerprint density at radius 3 is 1.70 bits per heavy atom. The second kappa shape index (κ2) is 13.8. The molecule has 0 amide bonds. The van der Waals surface area contributed by atoms with Crippen molar-refractivity contribution in [1.82, 2.24) is 0 Å². The van der Waals surface area contributed by atoms with Crippen molar-refractivity contribution < 1.29 is 9.47 Å². The quantitative estimate of drug-likeness (QED) is 0.165. The molecule has 0 aromatic heterocycles. The maximum absolute atomic E-state index is 6.41. The van der Waals surface area contributed by atoms with E-state index in [0.717, 1.165) is 28.3 Å². The van der Waals surface area contributed by atoms with Gasteiger partial charge in [-0.3, -0.25) is 0 Å². The lowest BCUT2D eigenvalue weighted by Gasteiger charge is -2.48. The Bertz CT molecular complexity index is 2910. The molecule has 4 nitrogen and oxygen atoms in total. The fourth-order valence-electron chi connectivity index (χ4n) is 12.0. The molecule has 6 aromatic carbocycles. The first-order valence-corrected chi connectivity index (χ1v) is 24.0. The number of benzene rings is 6. The molecule has 6 aromatic rings. The van der Waals surface area contributed by atoms with Crippen molar-refractivity contribution >= 4 is 57.2 Å². The lowest BCUT2D eigenvalue weighted by Crippen LogP contribution is -2.62. The van der Waals surface area contributed by atoms with E-state index in [1.165, 1.54) is 104 Å². The van der Waals surface area contributed by atoms with E-state index >= 15 is 0 Å². The number of aryl methyl sites for hydroxylation is 1. The van der Waals surface area contributed by atoms with Crippen molar-refractivity contribution in [2.24, 2.45) is 0 Å². The van der Waals surface area contributed by atoms with Gasteiger partial charge >= 0.3 is 0 Å². The molecule has 0 bridgehead atoms. The Kier molecular flexibility index (Phi) is 8.91. The summed E-state index contributed by atoms with van der Waals surface area (Å²) in [6.07, 6.45) is 4.71. The molecule has 2 aliphatic carbocycles. The zero-order chi connectivity index (χ0) is 44.9. The van der Waals surface area contributed by atoms with Crippen LogP contribution in [0.5, 0.6) is 11.5 Å². The molecule has 0 saturated heterocycles. The van der Waals surface area contributed by atoms with Gasteiger partial charge in [0.25, 0.3) is 6.71 Å². The molecule has 0 spiro atoms. The van der Waals surface area contributed by atoms with E-state index in [-0.39, 0.29) is 33.8 Å². The molecule has 11 rings (SSSR count). The van der Waals surface area contributed by atoms with Crippen molar-refractivity contribution in [2.75, 3.05) is 23.0 Å². The fraction of sp³-hybridized carbons (Fsp3) is 0.390. The van der Waals surface area contributed by atoms with Gasteiger partial charge < -0.3 is 19.3 Å². The summed E-state index contributed by atoms with van der Waals surface area (Å²) in [5, 5.41) is 0. The minimum absolute atomic E-state index is 0.0157.